The molecule has 1 amide bonds. The molecule has 5 heteroatoms. The summed E-state index contributed by atoms with van der Waals surface area (Å²) in [7, 11) is 0. The molecule has 1 heterocycles. The lowest BCUT2D eigenvalue weighted by molar-refractivity contribution is -0.117. The molecule has 1 N–H and O–H groups in total. The third-order valence-electron chi connectivity index (χ3n) is 4.02. The van der Waals surface area contributed by atoms with E-state index < -0.39 is 0 Å². The monoisotopic (exact) mass is 324 g/mol. The molecule has 0 spiro atoms. The van der Waals surface area contributed by atoms with Gasteiger partial charge in [0.25, 0.3) is 0 Å². The number of nitrogens with one attached hydrogen (secondary N) is 1. The van der Waals surface area contributed by atoms with Gasteiger partial charge < -0.3 is 10.1 Å². The van der Waals surface area contributed by atoms with Crippen LogP contribution in [0.3, 0.4) is 0 Å². The van der Waals surface area contributed by atoms with E-state index in [-0.39, 0.29) is 11.8 Å². The number of carbonyl (C=O) groups excluding carboxylic acids is 1. The molecule has 0 radical (unpaired) electrons. The van der Waals surface area contributed by atoms with Gasteiger partial charge in [-0.05, 0) is 36.6 Å². The highest BCUT2D eigenvalue weighted by atomic mass is 32.1. The van der Waals surface area contributed by atoms with E-state index in [0.717, 1.165) is 28.1 Å². The van der Waals surface area contributed by atoms with Crippen LogP contribution in [0.1, 0.15) is 13.3 Å². The Balaban J connectivity index is 1.53. The number of para-hydroxylation sites is 1. The van der Waals surface area contributed by atoms with Gasteiger partial charge in [0.2, 0.25) is 5.91 Å². The van der Waals surface area contributed by atoms with Crippen molar-refractivity contribution in [1.29, 1.82) is 0 Å². The maximum absolute atomic E-state index is 12.0. The Hall–Kier alpha value is -2.40. The van der Waals surface area contributed by atoms with E-state index in [1.54, 1.807) is 0 Å². The second-order valence-electron chi connectivity index (χ2n) is 5.87. The van der Waals surface area contributed by atoms with Crippen LogP contribution < -0.4 is 10.1 Å². The maximum Gasteiger partial charge on any atom is 0.229 e. The standard InChI is InChI=1S/C18H16N2O2S/c1-11-9-14(11)17(21)20-18-19-15-8-7-13(10-16(15)23-18)22-12-5-3-2-4-6-12/h2-8,10-11,14H,9H2,1H3,(H,19,20,21)/t11-,14+/m0/s1. The average molecular weight is 324 g/mol. The van der Waals surface area contributed by atoms with Crippen LogP contribution in [0.5, 0.6) is 11.5 Å². The Labute approximate surface area is 138 Å². The Morgan fingerprint density at radius 2 is 2.00 bits per heavy atom. The minimum absolute atomic E-state index is 0.0808. The quantitative estimate of drug-likeness (QED) is 0.758. The van der Waals surface area contributed by atoms with Crippen LogP contribution in [-0.4, -0.2) is 10.9 Å². The van der Waals surface area contributed by atoms with Gasteiger partial charge in [-0.2, -0.15) is 0 Å². The van der Waals surface area contributed by atoms with Gasteiger partial charge in [-0.3, -0.25) is 4.79 Å². The zero-order valence-electron chi connectivity index (χ0n) is 12.7. The van der Waals surface area contributed by atoms with E-state index in [4.69, 9.17) is 4.74 Å². The van der Waals surface area contributed by atoms with Gasteiger partial charge in [-0.1, -0.05) is 36.5 Å². The van der Waals surface area contributed by atoms with Crippen molar-refractivity contribution in [2.24, 2.45) is 11.8 Å². The summed E-state index contributed by atoms with van der Waals surface area (Å²) in [5.41, 5.74) is 0.870. The van der Waals surface area contributed by atoms with Crippen molar-refractivity contribution in [3.63, 3.8) is 0 Å². The molecule has 4 nitrogen and oxygen atoms in total. The summed E-state index contributed by atoms with van der Waals surface area (Å²) < 4.78 is 6.83. The van der Waals surface area contributed by atoms with Gasteiger partial charge in [0.05, 0.1) is 10.2 Å². The van der Waals surface area contributed by atoms with Gasteiger partial charge >= 0.3 is 0 Å². The highest BCUT2D eigenvalue weighted by molar-refractivity contribution is 7.22. The van der Waals surface area contributed by atoms with Crippen LogP contribution in [-0.2, 0) is 4.79 Å². The van der Waals surface area contributed by atoms with Crippen molar-refractivity contribution < 1.29 is 9.53 Å². The van der Waals surface area contributed by atoms with Gasteiger partial charge in [-0.25, -0.2) is 4.98 Å². The number of nitrogens with zero attached hydrogens (tertiary/aromatic N) is 1. The number of amides is 1. The number of ether oxygens (including phenoxy) is 1. The lowest BCUT2D eigenvalue weighted by Gasteiger charge is -2.04. The van der Waals surface area contributed by atoms with Crippen molar-refractivity contribution in [2.75, 3.05) is 5.32 Å². The largest absolute Gasteiger partial charge is 0.457 e. The number of benzene rings is 2. The van der Waals surface area contributed by atoms with Crippen molar-refractivity contribution in [3.8, 4) is 11.5 Å². The molecule has 116 valence electrons. The normalized spacial score (nSPS) is 19.5. The molecule has 2 aromatic carbocycles. The predicted molar refractivity (Wildman–Crippen MR) is 92.0 cm³/mol. The van der Waals surface area contributed by atoms with Crippen LogP contribution in [0, 0.1) is 11.8 Å². The van der Waals surface area contributed by atoms with Crippen LogP contribution in [0.2, 0.25) is 0 Å². The summed E-state index contributed by atoms with van der Waals surface area (Å²) in [5.74, 6) is 2.29. The maximum atomic E-state index is 12.0. The molecule has 1 saturated carbocycles. The fraction of sp³-hybridized carbons (Fsp3) is 0.222. The van der Waals surface area contributed by atoms with Crippen LogP contribution in [0.4, 0.5) is 5.13 Å². The van der Waals surface area contributed by atoms with Crippen LogP contribution in [0.15, 0.2) is 48.5 Å². The Bertz CT molecular complexity index is 860. The second-order valence-corrected chi connectivity index (χ2v) is 6.90. The first kappa shape index (κ1) is 14.2. The smallest absolute Gasteiger partial charge is 0.229 e. The number of fused-ring (bicyclic) bond motifs is 1. The third-order valence-corrected chi connectivity index (χ3v) is 4.95. The first-order valence-corrected chi connectivity index (χ1v) is 8.45. The van der Waals surface area contributed by atoms with Gasteiger partial charge in [0.15, 0.2) is 5.13 Å². The summed E-state index contributed by atoms with van der Waals surface area (Å²) in [6.07, 6.45) is 0.978. The van der Waals surface area contributed by atoms with Crippen molar-refractivity contribution in [3.05, 3.63) is 48.5 Å². The minimum atomic E-state index is 0.0808. The Kier molecular flexibility index (Phi) is 3.50. The number of anilines is 1. The number of rotatable bonds is 4. The van der Waals surface area contributed by atoms with Crippen LogP contribution in [0.25, 0.3) is 10.2 Å². The van der Waals surface area contributed by atoms with E-state index in [9.17, 15) is 4.79 Å². The lowest BCUT2D eigenvalue weighted by atomic mass is 10.3. The number of aromatic nitrogens is 1. The summed E-state index contributed by atoms with van der Waals surface area (Å²) in [5, 5.41) is 3.57. The van der Waals surface area contributed by atoms with Gasteiger partial charge in [0, 0.05) is 12.0 Å². The average Bonchev–Trinajstić information content (AvgIpc) is 3.15. The highest BCUT2D eigenvalue weighted by Crippen LogP contribution is 2.39. The van der Waals surface area contributed by atoms with Crippen molar-refractivity contribution >= 4 is 32.6 Å². The lowest BCUT2D eigenvalue weighted by Crippen LogP contribution is -2.14. The highest BCUT2D eigenvalue weighted by Gasteiger charge is 2.39. The molecule has 0 unspecified atom stereocenters. The third kappa shape index (κ3) is 3.05. The van der Waals surface area contributed by atoms with E-state index >= 15 is 0 Å². The molecule has 3 aromatic rings. The molecule has 23 heavy (non-hydrogen) atoms. The summed E-state index contributed by atoms with van der Waals surface area (Å²) in [6.45, 7) is 2.09. The van der Waals surface area contributed by atoms with Gasteiger partial charge in [0.1, 0.15) is 11.5 Å². The molecule has 1 aliphatic rings. The zero-order chi connectivity index (χ0) is 15.8. The predicted octanol–water partition coefficient (Wildman–Crippen LogP) is 4.68. The molecule has 1 aromatic heterocycles. The summed E-state index contributed by atoms with van der Waals surface area (Å²) >= 11 is 1.47. The Morgan fingerprint density at radius 3 is 2.74 bits per heavy atom. The van der Waals surface area contributed by atoms with Gasteiger partial charge in [-0.15, -0.1) is 0 Å². The van der Waals surface area contributed by atoms with Crippen molar-refractivity contribution in [1.82, 2.24) is 4.98 Å². The first-order chi connectivity index (χ1) is 11.2. The van der Waals surface area contributed by atoms with E-state index in [2.05, 4.69) is 17.2 Å². The summed E-state index contributed by atoms with van der Waals surface area (Å²) in [4.78, 5) is 16.5. The molecular weight excluding hydrogens is 308 g/mol. The molecule has 2 atom stereocenters. The number of hydrogen-bond acceptors (Lipinski definition) is 4. The fourth-order valence-corrected chi connectivity index (χ4v) is 3.43. The molecular formula is C18H16N2O2S. The summed E-state index contributed by atoms with van der Waals surface area (Å²) in [6, 6.07) is 15.4. The molecule has 0 aliphatic heterocycles. The molecule has 1 fully saturated rings. The zero-order valence-corrected chi connectivity index (χ0v) is 13.5. The van der Waals surface area contributed by atoms with Crippen LogP contribution >= 0.6 is 11.3 Å². The minimum Gasteiger partial charge on any atom is -0.457 e. The molecule has 0 saturated heterocycles. The number of hydrogen-bond donors (Lipinski definition) is 1. The number of thiazole rings is 1. The van der Waals surface area contributed by atoms with Crippen molar-refractivity contribution in [2.45, 2.75) is 13.3 Å². The van der Waals surface area contributed by atoms with E-state index in [0.29, 0.717) is 11.0 Å². The van der Waals surface area contributed by atoms with E-state index in [1.165, 1.54) is 11.3 Å². The first-order valence-electron chi connectivity index (χ1n) is 7.63. The molecule has 4 rings (SSSR count). The van der Waals surface area contributed by atoms with E-state index in [1.807, 2.05) is 48.5 Å². The molecule has 0 bridgehead atoms. The number of carbonyl (C=O) groups is 1. The molecule has 1 aliphatic carbocycles. The SMILES string of the molecule is C[C@H]1C[C@H]1C(=O)Nc1nc2ccc(Oc3ccccc3)cc2s1. The topological polar surface area (TPSA) is 51.2 Å². The Morgan fingerprint density at radius 1 is 1.22 bits per heavy atom. The second kappa shape index (κ2) is 5.66. The fourth-order valence-electron chi connectivity index (χ4n) is 2.53.